The fourth-order valence-corrected chi connectivity index (χ4v) is 6.38. The molecule has 0 heterocycles. The minimum Gasteiger partial charge on any atom is -0.194 e. The summed E-state index contributed by atoms with van der Waals surface area (Å²) in [5, 5.41) is -2.68. The van der Waals surface area contributed by atoms with Gasteiger partial charge in [-0.15, -0.1) is 0 Å². The van der Waals surface area contributed by atoms with Crippen LogP contribution in [0, 0.1) is 0 Å². The lowest BCUT2D eigenvalue weighted by molar-refractivity contribution is -0.401. The molecule has 0 unspecified atom stereocenters. The Labute approximate surface area is 362 Å². The molecule has 0 aliphatic heterocycles. The van der Waals surface area contributed by atoms with Crippen LogP contribution in [0.4, 0.5) is 119 Å². The molecule has 0 radical (unpaired) electrons. The van der Waals surface area contributed by atoms with Crippen LogP contribution in [-0.2, 0) is 17.8 Å². The molecule has 0 saturated heterocycles. The molecule has 366 valence electrons. The fraction of sp³-hybridized carbons (Fsp3) is 0.333. The van der Waals surface area contributed by atoms with Crippen LogP contribution < -0.4 is 0 Å². The van der Waals surface area contributed by atoms with Crippen LogP contribution in [0.1, 0.15) is 16.7 Å². The van der Waals surface area contributed by atoms with Gasteiger partial charge < -0.3 is 0 Å². The first kappa shape index (κ1) is 54.5. The summed E-state index contributed by atoms with van der Waals surface area (Å²) in [4.78, 5) is 0. The van der Waals surface area contributed by atoms with Gasteiger partial charge in [-0.1, -0.05) is 71.2 Å². The number of benzene rings is 4. The normalized spacial score (nSPS) is 14.8. The van der Waals surface area contributed by atoms with E-state index in [-0.39, 0.29) is 72.8 Å². The first-order valence-electron chi connectivity index (χ1n) is 16.4. The summed E-state index contributed by atoms with van der Waals surface area (Å²) in [7, 11) is 0. The summed E-state index contributed by atoms with van der Waals surface area (Å²) in [6.07, 6.45) is -24.2. The number of halogens is 30. The third kappa shape index (κ3) is 8.01. The maximum absolute atomic E-state index is 16.9. The van der Waals surface area contributed by atoms with E-state index < -0.39 is 137 Å². The highest BCUT2D eigenvalue weighted by molar-refractivity contribution is 6.31. The maximum Gasteiger partial charge on any atom is 0.460 e. The molecule has 4 aromatic carbocycles. The van der Waals surface area contributed by atoms with Crippen LogP contribution in [0.15, 0.2) is 72.8 Å². The van der Waals surface area contributed by atoms with Crippen molar-refractivity contribution in [3.8, 4) is 33.4 Å². The standard InChI is InChI=1S/C36H12Cl3F27/c37-16-7-1-13(2-8-16)19-22(25(40,41)28(46,47)31(52,53)34(58,59)60)20(14-3-9-17(38)10-4-14)24(27(44,45)30(50,51)33(56,57)36(64,65)66)21(15-5-11-18(39)12-6-15)23(19)26(42,43)29(48,49)32(54,55)35(61,62)63/h1-12H. The monoisotopic (exact) mass is 1060 g/mol. The van der Waals surface area contributed by atoms with Gasteiger partial charge in [-0.2, -0.15) is 119 Å². The number of hydrogen-bond donors (Lipinski definition) is 0. The molecule has 0 saturated carbocycles. The van der Waals surface area contributed by atoms with E-state index >= 15 is 52.7 Å². The van der Waals surface area contributed by atoms with Crippen LogP contribution in [0.2, 0.25) is 15.1 Å². The molecule has 4 rings (SSSR count). The Balaban J connectivity index is 2.77. The first-order valence-corrected chi connectivity index (χ1v) is 17.5. The molecule has 0 nitrogen and oxygen atoms in total. The smallest absolute Gasteiger partial charge is 0.194 e. The van der Waals surface area contributed by atoms with E-state index in [4.69, 9.17) is 34.8 Å². The van der Waals surface area contributed by atoms with Crippen molar-refractivity contribution in [3.63, 3.8) is 0 Å². The van der Waals surface area contributed by atoms with Crippen molar-refractivity contribution < 1.29 is 119 Å². The van der Waals surface area contributed by atoms with E-state index in [0.717, 1.165) is 0 Å². The highest BCUT2D eigenvalue weighted by atomic mass is 35.5. The fourth-order valence-electron chi connectivity index (χ4n) is 6.00. The summed E-state index contributed by atoms with van der Waals surface area (Å²) in [6, 6.07) is -1.28. The van der Waals surface area contributed by atoms with Crippen LogP contribution in [-0.4, -0.2) is 54.1 Å². The van der Waals surface area contributed by atoms with Gasteiger partial charge in [-0.25, -0.2) is 0 Å². The number of rotatable bonds is 12. The summed E-state index contributed by atoms with van der Waals surface area (Å²) in [5.74, 6) is -75.7. The topological polar surface area (TPSA) is 0 Å². The van der Waals surface area contributed by atoms with Crippen molar-refractivity contribution in [2.75, 3.05) is 0 Å². The van der Waals surface area contributed by atoms with Crippen molar-refractivity contribution in [1.82, 2.24) is 0 Å². The van der Waals surface area contributed by atoms with Crippen molar-refractivity contribution in [2.45, 2.75) is 71.8 Å². The van der Waals surface area contributed by atoms with Crippen molar-refractivity contribution in [3.05, 3.63) is 105 Å². The summed E-state index contributed by atoms with van der Waals surface area (Å²) < 4.78 is 405. The molecule has 0 fully saturated rings. The van der Waals surface area contributed by atoms with E-state index in [1.807, 2.05) is 0 Å². The second-order valence-electron chi connectivity index (χ2n) is 13.4. The third-order valence-corrected chi connectivity index (χ3v) is 10.0. The van der Waals surface area contributed by atoms with E-state index in [0.29, 0.717) is 0 Å². The van der Waals surface area contributed by atoms with E-state index in [1.54, 1.807) is 0 Å². The van der Waals surface area contributed by atoms with Gasteiger partial charge in [0.1, 0.15) is 0 Å². The largest absolute Gasteiger partial charge is 0.460 e. The predicted octanol–water partition coefficient (Wildman–Crippen LogP) is 17.4. The molecular formula is C36H12Cl3F27. The molecule has 4 aromatic rings. The zero-order chi connectivity index (χ0) is 51.4. The predicted molar refractivity (Wildman–Crippen MR) is 177 cm³/mol. The molecule has 0 aliphatic carbocycles. The maximum atomic E-state index is 16.9. The van der Waals surface area contributed by atoms with Crippen LogP contribution in [0.3, 0.4) is 0 Å². The average Bonchev–Trinajstić information content (AvgIpc) is 3.15. The third-order valence-electron chi connectivity index (χ3n) is 9.27. The highest BCUT2D eigenvalue weighted by Gasteiger charge is 2.86. The lowest BCUT2D eigenvalue weighted by Gasteiger charge is -2.42. The lowest BCUT2D eigenvalue weighted by atomic mass is 9.71. The SMILES string of the molecule is FC(F)(F)C(F)(F)C(F)(F)C(F)(F)c1c(-c2ccc(Cl)cc2)c(C(F)(F)C(F)(F)C(F)(F)C(F)(F)F)c(-c2ccc(Cl)cc2)c(C(F)(F)C(F)(F)C(F)(F)C(F)(F)F)c1-c1ccc(Cl)cc1. The van der Waals surface area contributed by atoms with Crippen LogP contribution in [0.25, 0.3) is 33.4 Å². The Morgan fingerprint density at radius 2 is 0.379 bits per heavy atom. The zero-order valence-electron chi connectivity index (χ0n) is 30.3. The van der Waals surface area contributed by atoms with Crippen LogP contribution in [0.5, 0.6) is 0 Å². The van der Waals surface area contributed by atoms with Crippen molar-refractivity contribution >= 4 is 34.8 Å². The molecular weight excluding hydrogens is 1050 g/mol. The first-order chi connectivity index (χ1) is 29.2. The minimum atomic E-state index is -8.58. The van der Waals surface area contributed by atoms with Crippen LogP contribution >= 0.6 is 34.8 Å². The number of alkyl halides is 27. The second-order valence-corrected chi connectivity index (χ2v) is 14.7. The Hall–Kier alpha value is -4.14. The molecule has 0 aliphatic rings. The van der Waals surface area contributed by atoms with Gasteiger partial charge >= 0.3 is 71.8 Å². The van der Waals surface area contributed by atoms with Gasteiger partial charge in [0.25, 0.3) is 0 Å². The Bertz CT molecular complexity index is 2140. The highest BCUT2D eigenvalue weighted by Crippen LogP contribution is 2.68. The zero-order valence-corrected chi connectivity index (χ0v) is 32.5. The molecule has 0 bridgehead atoms. The molecule has 0 amide bonds. The molecule has 0 aromatic heterocycles. The Morgan fingerprint density at radius 1 is 0.227 bits per heavy atom. The lowest BCUT2D eigenvalue weighted by Crippen LogP contribution is -2.61. The molecule has 66 heavy (non-hydrogen) atoms. The summed E-state index contributed by atoms with van der Waals surface area (Å²) >= 11 is 16.7. The quantitative estimate of drug-likeness (QED) is 0.124. The van der Waals surface area contributed by atoms with Gasteiger partial charge in [0.05, 0.1) is 0 Å². The van der Waals surface area contributed by atoms with Gasteiger partial charge in [0, 0.05) is 48.4 Å². The van der Waals surface area contributed by atoms with Gasteiger partial charge in [-0.3, -0.25) is 0 Å². The second kappa shape index (κ2) is 16.2. The van der Waals surface area contributed by atoms with Gasteiger partial charge in [-0.05, 0) is 53.1 Å². The summed E-state index contributed by atoms with van der Waals surface area (Å²) in [6.45, 7) is 0. The van der Waals surface area contributed by atoms with Crippen molar-refractivity contribution in [1.29, 1.82) is 0 Å². The van der Waals surface area contributed by atoms with Gasteiger partial charge in [0.15, 0.2) is 0 Å². The van der Waals surface area contributed by atoms with E-state index in [2.05, 4.69) is 0 Å². The molecule has 0 spiro atoms. The molecule has 0 atom stereocenters. The van der Waals surface area contributed by atoms with E-state index in [9.17, 15) is 65.9 Å². The minimum absolute atomic E-state index is 0.0795. The van der Waals surface area contributed by atoms with Crippen molar-refractivity contribution in [2.24, 2.45) is 0 Å². The average molecular weight is 1060 g/mol. The number of hydrogen-bond acceptors (Lipinski definition) is 0. The molecule has 30 heteroatoms. The van der Waals surface area contributed by atoms with E-state index in [1.165, 1.54) is 0 Å². The Morgan fingerprint density at radius 3 is 0.515 bits per heavy atom. The summed E-state index contributed by atoms with van der Waals surface area (Å²) in [5.41, 5.74) is -30.6. The van der Waals surface area contributed by atoms with Gasteiger partial charge in [0.2, 0.25) is 0 Å². The Kier molecular flexibility index (Phi) is 13.4. The molecule has 0 N–H and O–H groups in total.